The second-order valence-electron chi connectivity index (χ2n) is 3.80. The molecular weight excluding hydrogens is 136 g/mol. The Hall–Kier alpha value is -0.0800. The van der Waals surface area contributed by atoms with Crippen LogP contribution in [0.5, 0.6) is 0 Å². The molecule has 1 aliphatic rings. The Bertz CT molecular complexity index is 95.7. The number of hydrogen-bond acceptors (Lipinski definition) is 2. The van der Waals surface area contributed by atoms with Gasteiger partial charge in [0.25, 0.3) is 0 Å². The molecule has 1 heterocycles. The Balaban J connectivity index is 2.05. The molecule has 1 atom stereocenters. The molecule has 0 spiro atoms. The molecule has 0 aromatic rings. The van der Waals surface area contributed by atoms with Crippen molar-refractivity contribution in [2.75, 3.05) is 33.7 Å². The highest BCUT2D eigenvalue weighted by molar-refractivity contribution is 4.69. The monoisotopic (exact) mass is 156 g/mol. The maximum atomic E-state index is 3.44. The van der Waals surface area contributed by atoms with Crippen molar-refractivity contribution in [2.24, 2.45) is 5.92 Å². The molecule has 1 aliphatic heterocycles. The van der Waals surface area contributed by atoms with Gasteiger partial charge in [0.05, 0.1) is 0 Å². The van der Waals surface area contributed by atoms with E-state index in [1.165, 1.54) is 38.9 Å². The Kier molecular flexibility index (Phi) is 3.87. The third-order valence-corrected chi connectivity index (χ3v) is 2.38. The number of nitrogens with one attached hydrogen (secondary N) is 1. The van der Waals surface area contributed by atoms with E-state index in [1.54, 1.807) is 0 Å². The summed E-state index contributed by atoms with van der Waals surface area (Å²) in [5.41, 5.74) is 0. The van der Waals surface area contributed by atoms with E-state index in [4.69, 9.17) is 0 Å². The fourth-order valence-electron chi connectivity index (χ4n) is 1.61. The van der Waals surface area contributed by atoms with Gasteiger partial charge in [-0.05, 0) is 58.9 Å². The maximum Gasteiger partial charge on any atom is -0.00200 e. The molecule has 0 amide bonds. The minimum atomic E-state index is 0.936. The molecular formula is C9H20N2. The topological polar surface area (TPSA) is 15.3 Å². The van der Waals surface area contributed by atoms with E-state index in [-0.39, 0.29) is 0 Å². The van der Waals surface area contributed by atoms with E-state index in [0.717, 1.165) is 5.92 Å². The summed E-state index contributed by atoms with van der Waals surface area (Å²) in [7, 11) is 4.30. The first kappa shape index (κ1) is 9.01. The zero-order chi connectivity index (χ0) is 8.10. The molecule has 11 heavy (non-hydrogen) atoms. The lowest BCUT2D eigenvalue weighted by molar-refractivity contribution is 0.303. The van der Waals surface area contributed by atoms with Gasteiger partial charge in [-0.25, -0.2) is 0 Å². The van der Waals surface area contributed by atoms with Crippen LogP contribution in [0.2, 0.25) is 0 Å². The average molecular weight is 156 g/mol. The molecule has 2 heteroatoms. The van der Waals surface area contributed by atoms with Gasteiger partial charge < -0.3 is 10.2 Å². The number of nitrogens with zero attached hydrogens (tertiary/aromatic N) is 1. The predicted molar refractivity (Wildman–Crippen MR) is 48.8 cm³/mol. The summed E-state index contributed by atoms with van der Waals surface area (Å²) in [6, 6.07) is 0. The van der Waals surface area contributed by atoms with E-state index in [0.29, 0.717) is 0 Å². The predicted octanol–water partition coefficient (Wildman–Crippen LogP) is 0.938. The fourth-order valence-corrected chi connectivity index (χ4v) is 1.61. The summed E-state index contributed by atoms with van der Waals surface area (Å²) in [5.74, 6) is 0.936. The molecule has 1 unspecified atom stereocenters. The van der Waals surface area contributed by atoms with Crippen molar-refractivity contribution in [1.29, 1.82) is 0 Å². The Morgan fingerprint density at radius 2 is 2.27 bits per heavy atom. The molecule has 0 aromatic heterocycles. The second kappa shape index (κ2) is 4.73. The van der Waals surface area contributed by atoms with Gasteiger partial charge in [-0.3, -0.25) is 0 Å². The first-order valence-corrected chi connectivity index (χ1v) is 4.64. The van der Waals surface area contributed by atoms with Gasteiger partial charge >= 0.3 is 0 Å². The summed E-state index contributed by atoms with van der Waals surface area (Å²) in [4.78, 5) is 2.27. The van der Waals surface area contributed by atoms with Crippen LogP contribution in [0.25, 0.3) is 0 Å². The first-order valence-electron chi connectivity index (χ1n) is 4.64. The second-order valence-corrected chi connectivity index (χ2v) is 3.80. The standard InChI is InChI=1S/C9H20N2/c1-11(2)7-5-9-4-3-6-10-8-9/h9-10H,3-8H2,1-2H3. The lowest BCUT2D eigenvalue weighted by Crippen LogP contribution is -2.31. The fraction of sp³-hybridized carbons (Fsp3) is 1.00. The smallest absolute Gasteiger partial charge is 0.00200 e. The van der Waals surface area contributed by atoms with Crippen LogP contribution in [-0.2, 0) is 0 Å². The zero-order valence-electron chi connectivity index (χ0n) is 7.77. The van der Waals surface area contributed by atoms with Crippen LogP contribution in [-0.4, -0.2) is 38.6 Å². The van der Waals surface area contributed by atoms with Crippen molar-refractivity contribution in [3.63, 3.8) is 0 Å². The van der Waals surface area contributed by atoms with Crippen LogP contribution in [0.4, 0.5) is 0 Å². The number of rotatable bonds is 3. The summed E-state index contributed by atoms with van der Waals surface area (Å²) in [6.45, 7) is 3.72. The largest absolute Gasteiger partial charge is 0.316 e. The lowest BCUT2D eigenvalue weighted by atomic mass is 9.96. The quantitative estimate of drug-likeness (QED) is 0.654. The maximum absolute atomic E-state index is 3.44. The van der Waals surface area contributed by atoms with E-state index in [1.807, 2.05) is 0 Å². The normalized spacial score (nSPS) is 25.9. The van der Waals surface area contributed by atoms with Crippen LogP contribution >= 0.6 is 0 Å². The van der Waals surface area contributed by atoms with Crippen LogP contribution < -0.4 is 5.32 Å². The summed E-state index contributed by atoms with van der Waals surface area (Å²) in [5, 5.41) is 3.44. The van der Waals surface area contributed by atoms with Crippen molar-refractivity contribution in [3.8, 4) is 0 Å². The van der Waals surface area contributed by atoms with Gasteiger partial charge in [0.1, 0.15) is 0 Å². The van der Waals surface area contributed by atoms with Crippen molar-refractivity contribution < 1.29 is 0 Å². The van der Waals surface area contributed by atoms with Crippen molar-refractivity contribution in [2.45, 2.75) is 19.3 Å². The first-order chi connectivity index (χ1) is 5.29. The van der Waals surface area contributed by atoms with Gasteiger partial charge in [0.2, 0.25) is 0 Å². The molecule has 0 aliphatic carbocycles. The van der Waals surface area contributed by atoms with E-state index >= 15 is 0 Å². The van der Waals surface area contributed by atoms with E-state index < -0.39 is 0 Å². The van der Waals surface area contributed by atoms with Crippen molar-refractivity contribution in [3.05, 3.63) is 0 Å². The molecule has 0 bridgehead atoms. The van der Waals surface area contributed by atoms with Crippen LogP contribution in [0.3, 0.4) is 0 Å². The van der Waals surface area contributed by atoms with E-state index in [2.05, 4.69) is 24.3 Å². The minimum Gasteiger partial charge on any atom is -0.316 e. The van der Waals surface area contributed by atoms with Crippen molar-refractivity contribution >= 4 is 0 Å². The molecule has 1 rings (SSSR count). The number of hydrogen-bond donors (Lipinski definition) is 1. The van der Waals surface area contributed by atoms with Gasteiger partial charge in [0, 0.05) is 0 Å². The molecule has 2 nitrogen and oxygen atoms in total. The Morgan fingerprint density at radius 1 is 1.45 bits per heavy atom. The highest BCUT2D eigenvalue weighted by Gasteiger charge is 2.11. The third-order valence-electron chi connectivity index (χ3n) is 2.38. The lowest BCUT2D eigenvalue weighted by Gasteiger charge is -2.23. The summed E-state index contributed by atoms with van der Waals surface area (Å²) < 4.78 is 0. The highest BCUT2D eigenvalue weighted by Crippen LogP contribution is 2.13. The summed E-state index contributed by atoms with van der Waals surface area (Å²) >= 11 is 0. The van der Waals surface area contributed by atoms with Crippen LogP contribution in [0.15, 0.2) is 0 Å². The van der Waals surface area contributed by atoms with Crippen LogP contribution in [0, 0.1) is 5.92 Å². The molecule has 1 saturated heterocycles. The van der Waals surface area contributed by atoms with Gasteiger partial charge in [-0.2, -0.15) is 0 Å². The average Bonchev–Trinajstić information content (AvgIpc) is 2.03. The van der Waals surface area contributed by atoms with Gasteiger partial charge in [-0.1, -0.05) is 0 Å². The number of piperidine rings is 1. The SMILES string of the molecule is CN(C)CCC1CCCNC1. The molecule has 1 N–H and O–H groups in total. The third kappa shape index (κ3) is 3.73. The van der Waals surface area contributed by atoms with Gasteiger partial charge in [-0.15, -0.1) is 0 Å². The van der Waals surface area contributed by atoms with Gasteiger partial charge in [0.15, 0.2) is 0 Å². The Labute approximate surface area is 70.0 Å². The molecule has 0 aromatic carbocycles. The van der Waals surface area contributed by atoms with Crippen molar-refractivity contribution in [1.82, 2.24) is 10.2 Å². The van der Waals surface area contributed by atoms with Crippen LogP contribution in [0.1, 0.15) is 19.3 Å². The highest BCUT2D eigenvalue weighted by atomic mass is 15.0. The summed E-state index contributed by atoms with van der Waals surface area (Å²) in [6.07, 6.45) is 4.17. The molecule has 1 fully saturated rings. The van der Waals surface area contributed by atoms with E-state index in [9.17, 15) is 0 Å². The molecule has 0 radical (unpaired) electrons. The minimum absolute atomic E-state index is 0.936. The molecule has 66 valence electrons. The molecule has 0 saturated carbocycles. The Morgan fingerprint density at radius 3 is 2.82 bits per heavy atom. The zero-order valence-corrected chi connectivity index (χ0v) is 7.77.